The maximum absolute atomic E-state index is 9.11. The molecule has 0 fully saturated rings. The second-order valence-corrected chi connectivity index (χ2v) is 3.81. The van der Waals surface area contributed by atoms with Crippen LogP contribution >= 0.6 is 0 Å². The molecule has 0 aliphatic heterocycles. The first-order chi connectivity index (χ1) is 7.83. The summed E-state index contributed by atoms with van der Waals surface area (Å²) in [5.74, 6) is 0.312. The van der Waals surface area contributed by atoms with Crippen molar-refractivity contribution in [3.05, 3.63) is 29.8 Å². The second kappa shape index (κ2) is 8.13. The third kappa shape index (κ3) is 5.73. The van der Waals surface area contributed by atoms with E-state index in [0.29, 0.717) is 5.75 Å². The first kappa shape index (κ1) is 13.0. The van der Waals surface area contributed by atoms with E-state index in [9.17, 15) is 0 Å². The molecule has 0 aliphatic carbocycles. The van der Waals surface area contributed by atoms with Gasteiger partial charge in [-0.1, -0.05) is 25.5 Å². The Labute approximate surface area is 97.4 Å². The highest BCUT2D eigenvalue weighted by Crippen LogP contribution is 2.08. The van der Waals surface area contributed by atoms with E-state index in [2.05, 4.69) is 12.2 Å². The van der Waals surface area contributed by atoms with Gasteiger partial charge >= 0.3 is 0 Å². The zero-order valence-electron chi connectivity index (χ0n) is 9.91. The lowest BCUT2D eigenvalue weighted by Gasteiger charge is -2.06. The quantitative estimate of drug-likeness (QED) is 0.664. The molecule has 0 unspecified atom stereocenters. The molecule has 3 heteroatoms. The molecule has 1 aromatic rings. The zero-order valence-corrected chi connectivity index (χ0v) is 9.91. The Morgan fingerprint density at radius 3 is 2.62 bits per heavy atom. The van der Waals surface area contributed by atoms with E-state index in [1.54, 1.807) is 12.1 Å². The number of benzene rings is 1. The Morgan fingerprint density at radius 2 is 1.94 bits per heavy atom. The molecule has 0 heterocycles. The maximum atomic E-state index is 9.11. The van der Waals surface area contributed by atoms with Gasteiger partial charge in [0.25, 0.3) is 0 Å². The van der Waals surface area contributed by atoms with E-state index in [1.807, 2.05) is 12.1 Å². The zero-order chi connectivity index (χ0) is 11.6. The van der Waals surface area contributed by atoms with E-state index >= 15 is 0 Å². The molecule has 0 radical (unpaired) electrons. The van der Waals surface area contributed by atoms with Gasteiger partial charge in [-0.2, -0.15) is 0 Å². The molecule has 0 saturated heterocycles. The summed E-state index contributed by atoms with van der Waals surface area (Å²) in [7, 11) is 0. The smallest absolute Gasteiger partial charge is 0.115 e. The van der Waals surface area contributed by atoms with Crippen molar-refractivity contribution in [2.24, 2.45) is 0 Å². The molecular formula is C13H21NO2. The molecule has 0 spiro atoms. The predicted molar refractivity (Wildman–Crippen MR) is 65.5 cm³/mol. The van der Waals surface area contributed by atoms with Crippen LogP contribution in [0.3, 0.4) is 0 Å². The first-order valence-electron chi connectivity index (χ1n) is 5.89. The predicted octanol–water partition coefficient (Wildman–Crippen LogP) is 2.30. The molecule has 90 valence electrons. The Kier molecular flexibility index (Phi) is 6.61. The molecule has 0 aromatic heterocycles. The largest absolute Gasteiger partial charge is 0.508 e. The lowest BCUT2D eigenvalue weighted by Crippen LogP contribution is -2.19. The van der Waals surface area contributed by atoms with E-state index in [4.69, 9.17) is 9.84 Å². The van der Waals surface area contributed by atoms with Crippen molar-refractivity contribution in [2.45, 2.75) is 26.3 Å². The van der Waals surface area contributed by atoms with Crippen LogP contribution in [0.25, 0.3) is 0 Å². The summed E-state index contributed by atoms with van der Waals surface area (Å²) in [5.41, 5.74) is 1.17. The van der Waals surface area contributed by atoms with Gasteiger partial charge < -0.3 is 15.2 Å². The third-order valence-electron chi connectivity index (χ3n) is 2.33. The fraction of sp³-hybridized carbons (Fsp3) is 0.538. The Balaban J connectivity index is 2.01. The van der Waals surface area contributed by atoms with Crippen LogP contribution in [-0.2, 0) is 11.3 Å². The molecule has 1 aromatic carbocycles. The highest BCUT2D eigenvalue weighted by molar-refractivity contribution is 5.25. The summed E-state index contributed by atoms with van der Waals surface area (Å²) in [4.78, 5) is 0. The summed E-state index contributed by atoms with van der Waals surface area (Å²) in [6.45, 7) is 5.46. The van der Waals surface area contributed by atoms with Crippen molar-refractivity contribution in [3.8, 4) is 5.75 Å². The summed E-state index contributed by atoms with van der Waals surface area (Å²) in [6.07, 6.45) is 2.32. The van der Waals surface area contributed by atoms with Crippen LogP contribution in [0, 0.1) is 0 Å². The third-order valence-corrected chi connectivity index (χ3v) is 2.33. The van der Waals surface area contributed by atoms with E-state index in [1.165, 1.54) is 12.0 Å². The number of phenols is 1. The van der Waals surface area contributed by atoms with Crippen LogP contribution in [0.2, 0.25) is 0 Å². The van der Waals surface area contributed by atoms with Gasteiger partial charge in [-0.25, -0.2) is 0 Å². The Bertz CT molecular complexity index is 272. The van der Waals surface area contributed by atoms with Gasteiger partial charge in [0.05, 0.1) is 6.61 Å². The molecule has 0 bridgehead atoms. The molecule has 0 saturated carbocycles. The average molecular weight is 223 g/mol. The van der Waals surface area contributed by atoms with E-state index < -0.39 is 0 Å². The van der Waals surface area contributed by atoms with Gasteiger partial charge in [0.15, 0.2) is 0 Å². The van der Waals surface area contributed by atoms with Crippen LogP contribution in [-0.4, -0.2) is 24.9 Å². The minimum Gasteiger partial charge on any atom is -0.508 e. The van der Waals surface area contributed by atoms with Gasteiger partial charge in [-0.15, -0.1) is 0 Å². The van der Waals surface area contributed by atoms with Crippen molar-refractivity contribution in [1.82, 2.24) is 5.32 Å². The fourth-order valence-corrected chi connectivity index (χ4v) is 1.34. The summed E-state index contributed by atoms with van der Waals surface area (Å²) in [6, 6.07) is 7.24. The molecule has 0 amide bonds. The maximum Gasteiger partial charge on any atom is 0.115 e. The minimum atomic E-state index is 0.312. The lowest BCUT2D eigenvalue weighted by molar-refractivity contribution is 0.133. The van der Waals surface area contributed by atoms with Crippen molar-refractivity contribution in [2.75, 3.05) is 19.8 Å². The van der Waals surface area contributed by atoms with Gasteiger partial charge in [0, 0.05) is 19.7 Å². The molecule has 0 atom stereocenters. The standard InChI is InChI=1S/C13H21NO2/c1-2-3-9-16-10-8-14-11-12-4-6-13(15)7-5-12/h4-7,14-15H,2-3,8-11H2,1H3. The number of ether oxygens (including phenoxy) is 1. The topological polar surface area (TPSA) is 41.5 Å². The average Bonchev–Trinajstić information content (AvgIpc) is 2.30. The number of nitrogens with one attached hydrogen (secondary N) is 1. The lowest BCUT2D eigenvalue weighted by atomic mass is 10.2. The number of phenolic OH excluding ortho intramolecular Hbond substituents is 1. The highest BCUT2D eigenvalue weighted by atomic mass is 16.5. The van der Waals surface area contributed by atoms with E-state index in [0.717, 1.165) is 32.7 Å². The number of hydrogen-bond acceptors (Lipinski definition) is 3. The summed E-state index contributed by atoms with van der Waals surface area (Å²) >= 11 is 0. The molecular weight excluding hydrogens is 202 g/mol. The first-order valence-corrected chi connectivity index (χ1v) is 5.89. The summed E-state index contributed by atoms with van der Waals surface area (Å²) < 4.78 is 5.43. The van der Waals surface area contributed by atoms with Crippen molar-refractivity contribution in [3.63, 3.8) is 0 Å². The molecule has 0 aliphatic rings. The van der Waals surface area contributed by atoms with Gasteiger partial charge in [0.1, 0.15) is 5.75 Å². The molecule has 1 rings (SSSR count). The SMILES string of the molecule is CCCCOCCNCc1ccc(O)cc1. The van der Waals surface area contributed by atoms with Crippen molar-refractivity contribution >= 4 is 0 Å². The van der Waals surface area contributed by atoms with Crippen LogP contribution in [0.15, 0.2) is 24.3 Å². The van der Waals surface area contributed by atoms with Crippen LogP contribution in [0.5, 0.6) is 5.75 Å². The number of rotatable bonds is 8. The molecule has 16 heavy (non-hydrogen) atoms. The van der Waals surface area contributed by atoms with Gasteiger partial charge in [-0.3, -0.25) is 0 Å². The minimum absolute atomic E-state index is 0.312. The van der Waals surface area contributed by atoms with Crippen LogP contribution in [0.1, 0.15) is 25.3 Å². The normalized spacial score (nSPS) is 10.6. The molecule has 2 N–H and O–H groups in total. The van der Waals surface area contributed by atoms with E-state index in [-0.39, 0.29) is 0 Å². The second-order valence-electron chi connectivity index (χ2n) is 3.81. The van der Waals surface area contributed by atoms with Crippen molar-refractivity contribution < 1.29 is 9.84 Å². The molecule has 3 nitrogen and oxygen atoms in total. The summed E-state index contributed by atoms with van der Waals surface area (Å²) in [5, 5.41) is 12.4. The number of aromatic hydroxyl groups is 1. The Hall–Kier alpha value is -1.06. The van der Waals surface area contributed by atoms with Crippen LogP contribution < -0.4 is 5.32 Å². The Morgan fingerprint density at radius 1 is 1.19 bits per heavy atom. The van der Waals surface area contributed by atoms with Crippen LogP contribution in [0.4, 0.5) is 0 Å². The fourth-order valence-electron chi connectivity index (χ4n) is 1.34. The number of unbranched alkanes of at least 4 members (excludes halogenated alkanes) is 1. The van der Waals surface area contributed by atoms with Gasteiger partial charge in [0.2, 0.25) is 0 Å². The monoisotopic (exact) mass is 223 g/mol. The number of hydrogen-bond donors (Lipinski definition) is 2. The van der Waals surface area contributed by atoms with Gasteiger partial charge in [-0.05, 0) is 24.1 Å². The van der Waals surface area contributed by atoms with Crippen molar-refractivity contribution in [1.29, 1.82) is 0 Å². The highest BCUT2D eigenvalue weighted by Gasteiger charge is 1.93.